The van der Waals surface area contributed by atoms with Crippen molar-refractivity contribution in [3.8, 4) is 11.4 Å². The molecule has 0 aromatic carbocycles. The Balaban J connectivity index is 2.53. The molecule has 14 heavy (non-hydrogen) atoms. The van der Waals surface area contributed by atoms with Crippen molar-refractivity contribution in [2.45, 2.75) is 0 Å². The van der Waals surface area contributed by atoms with Gasteiger partial charge in [0.2, 0.25) is 0 Å². The van der Waals surface area contributed by atoms with Gasteiger partial charge in [-0.3, -0.25) is 9.48 Å². The van der Waals surface area contributed by atoms with Crippen LogP contribution in [-0.4, -0.2) is 19.7 Å². The molecule has 0 amide bonds. The molecule has 6 heteroatoms. The first-order chi connectivity index (χ1) is 6.66. The van der Waals surface area contributed by atoms with Crippen LogP contribution in [0.25, 0.3) is 11.4 Å². The van der Waals surface area contributed by atoms with Crippen LogP contribution in [0.15, 0.2) is 23.4 Å². The topological polar surface area (TPSA) is 89.6 Å². The summed E-state index contributed by atoms with van der Waals surface area (Å²) in [7, 11) is 1.79. The molecule has 0 bridgehead atoms. The third-order valence-corrected chi connectivity index (χ3v) is 1.81. The fraction of sp³-hybridized carbons (Fsp3) is 0.125. The SMILES string of the molecule is Cn1cc(-c2ncc(N)c(=O)[nH]2)cn1. The van der Waals surface area contributed by atoms with Gasteiger partial charge in [-0.15, -0.1) is 0 Å². The van der Waals surface area contributed by atoms with Crippen LogP contribution in [0.1, 0.15) is 0 Å². The van der Waals surface area contributed by atoms with Crippen molar-refractivity contribution in [3.63, 3.8) is 0 Å². The van der Waals surface area contributed by atoms with Gasteiger partial charge < -0.3 is 10.7 Å². The lowest BCUT2D eigenvalue weighted by molar-refractivity contribution is 0.768. The summed E-state index contributed by atoms with van der Waals surface area (Å²) in [6.45, 7) is 0. The molecule has 0 fully saturated rings. The summed E-state index contributed by atoms with van der Waals surface area (Å²) >= 11 is 0. The molecule has 0 aliphatic carbocycles. The summed E-state index contributed by atoms with van der Waals surface area (Å²) in [5.74, 6) is 0.470. The van der Waals surface area contributed by atoms with Crippen molar-refractivity contribution in [2.75, 3.05) is 5.73 Å². The van der Waals surface area contributed by atoms with Crippen molar-refractivity contribution < 1.29 is 0 Å². The second kappa shape index (κ2) is 2.99. The molecule has 3 N–H and O–H groups in total. The van der Waals surface area contributed by atoms with Crippen LogP contribution in [-0.2, 0) is 7.05 Å². The second-order valence-corrected chi connectivity index (χ2v) is 2.92. The molecule has 0 saturated heterocycles. The first-order valence-electron chi connectivity index (χ1n) is 4.00. The maximum absolute atomic E-state index is 11.2. The monoisotopic (exact) mass is 191 g/mol. The lowest BCUT2D eigenvalue weighted by Crippen LogP contribution is -2.13. The Morgan fingerprint density at radius 1 is 1.50 bits per heavy atom. The maximum atomic E-state index is 11.2. The van der Waals surface area contributed by atoms with Crippen molar-refractivity contribution in [3.05, 3.63) is 28.9 Å². The minimum absolute atomic E-state index is 0.109. The number of nitrogens with one attached hydrogen (secondary N) is 1. The summed E-state index contributed by atoms with van der Waals surface area (Å²) in [6.07, 6.45) is 4.71. The van der Waals surface area contributed by atoms with Gasteiger partial charge in [-0.2, -0.15) is 5.10 Å². The minimum atomic E-state index is -0.334. The van der Waals surface area contributed by atoms with E-state index in [-0.39, 0.29) is 11.2 Å². The molecule has 0 aliphatic heterocycles. The summed E-state index contributed by atoms with van der Waals surface area (Å²) in [4.78, 5) is 17.7. The van der Waals surface area contributed by atoms with Crippen LogP contribution < -0.4 is 11.3 Å². The normalized spacial score (nSPS) is 10.4. The highest BCUT2D eigenvalue weighted by Crippen LogP contribution is 2.10. The highest BCUT2D eigenvalue weighted by atomic mass is 16.1. The summed E-state index contributed by atoms with van der Waals surface area (Å²) in [5, 5.41) is 3.97. The molecule has 0 radical (unpaired) electrons. The van der Waals surface area contributed by atoms with Crippen molar-refractivity contribution in [1.82, 2.24) is 19.7 Å². The van der Waals surface area contributed by atoms with E-state index in [4.69, 9.17) is 5.73 Å². The standard InChI is InChI=1S/C8H9N5O/c1-13-4-5(2-11-13)7-10-3-6(9)8(14)12-7/h2-4H,9H2,1H3,(H,10,12,14). The van der Waals surface area contributed by atoms with Crippen LogP contribution in [0.3, 0.4) is 0 Å². The molecule has 0 spiro atoms. The van der Waals surface area contributed by atoms with Gasteiger partial charge in [-0.05, 0) is 0 Å². The van der Waals surface area contributed by atoms with Crippen LogP contribution in [0.4, 0.5) is 5.69 Å². The summed E-state index contributed by atoms with van der Waals surface area (Å²) < 4.78 is 1.63. The van der Waals surface area contributed by atoms with Crippen molar-refractivity contribution >= 4 is 5.69 Å². The van der Waals surface area contributed by atoms with E-state index in [9.17, 15) is 4.79 Å². The minimum Gasteiger partial charge on any atom is -0.393 e. The van der Waals surface area contributed by atoms with Gasteiger partial charge in [0.05, 0.1) is 18.0 Å². The average Bonchev–Trinajstić information content (AvgIpc) is 2.57. The van der Waals surface area contributed by atoms with Crippen LogP contribution in [0.2, 0.25) is 0 Å². The molecule has 2 aromatic heterocycles. The van der Waals surface area contributed by atoms with Gasteiger partial charge in [0.25, 0.3) is 5.56 Å². The number of nitrogens with zero attached hydrogens (tertiary/aromatic N) is 3. The zero-order valence-corrected chi connectivity index (χ0v) is 7.56. The summed E-state index contributed by atoms with van der Waals surface area (Å²) in [6, 6.07) is 0. The number of hydrogen-bond acceptors (Lipinski definition) is 4. The van der Waals surface area contributed by atoms with Gasteiger partial charge in [0.1, 0.15) is 11.5 Å². The third kappa shape index (κ3) is 1.37. The molecule has 0 unspecified atom stereocenters. The number of aromatic amines is 1. The molecule has 0 aliphatic rings. The highest BCUT2D eigenvalue weighted by Gasteiger charge is 2.03. The average molecular weight is 191 g/mol. The molecule has 2 rings (SSSR count). The van der Waals surface area contributed by atoms with E-state index in [0.717, 1.165) is 5.56 Å². The maximum Gasteiger partial charge on any atom is 0.274 e. The van der Waals surface area contributed by atoms with E-state index in [1.165, 1.54) is 6.20 Å². The number of aryl methyl sites for hydroxylation is 1. The fourth-order valence-corrected chi connectivity index (χ4v) is 1.09. The smallest absolute Gasteiger partial charge is 0.274 e. The van der Waals surface area contributed by atoms with Crippen molar-refractivity contribution in [2.24, 2.45) is 7.05 Å². The fourth-order valence-electron chi connectivity index (χ4n) is 1.09. The van der Waals surface area contributed by atoms with Gasteiger partial charge in [-0.25, -0.2) is 4.98 Å². The Hall–Kier alpha value is -2.11. The van der Waals surface area contributed by atoms with E-state index in [2.05, 4.69) is 15.1 Å². The highest BCUT2D eigenvalue weighted by molar-refractivity contribution is 5.52. The number of aromatic nitrogens is 4. The predicted molar refractivity (Wildman–Crippen MR) is 51.5 cm³/mol. The van der Waals surface area contributed by atoms with E-state index in [1.807, 2.05) is 0 Å². The molecule has 6 nitrogen and oxygen atoms in total. The zero-order chi connectivity index (χ0) is 10.1. The Kier molecular flexibility index (Phi) is 1.81. The number of H-pyrrole nitrogens is 1. The first kappa shape index (κ1) is 8.49. The molecule has 0 saturated carbocycles. The van der Waals surface area contributed by atoms with E-state index in [1.54, 1.807) is 24.1 Å². The number of nitrogens with two attached hydrogens (primary N) is 1. The van der Waals surface area contributed by atoms with Gasteiger partial charge >= 0.3 is 0 Å². The molecule has 72 valence electrons. The second-order valence-electron chi connectivity index (χ2n) is 2.92. The molecule has 0 atom stereocenters. The van der Waals surface area contributed by atoms with Crippen LogP contribution in [0.5, 0.6) is 0 Å². The Morgan fingerprint density at radius 3 is 2.86 bits per heavy atom. The molecule has 2 heterocycles. The lowest BCUT2D eigenvalue weighted by Gasteiger charge is -1.96. The lowest BCUT2D eigenvalue weighted by atomic mass is 10.3. The number of hydrogen-bond donors (Lipinski definition) is 2. The number of rotatable bonds is 1. The van der Waals surface area contributed by atoms with E-state index in [0.29, 0.717) is 5.82 Å². The van der Waals surface area contributed by atoms with Crippen LogP contribution >= 0.6 is 0 Å². The predicted octanol–water partition coefficient (Wildman–Crippen LogP) is -0.247. The number of anilines is 1. The Bertz CT molecular complexity index is 512. The van der Waals surface area contributed by atoms with E-state index >= 15 is 0 Å². The Morgan fingerprint density at radius 2 is 2.29 bits per heavy atom. The Labute approximate surface area is 79.4 Å². The van der Waals surface area contributed by atoms with Crippen LogP contribution in [0, 0.1) is 0 Å². The largest absolute Gasteiger partial charge is 0.393 e. The van der Waals surface area contributed by atoms with Gasteiger partial charge in [-0.1, -0.05) is 0 Å². The molecular weight excluding hydrogens is 182 g/mol. The zero-order valence-electron chi connectivity index (χ0n) is 7.56. The van der Waals surface area contributed by atoms with Gasteiger partial charge in [0, 0.05) is 13.2 Å². The summed E-state index contributed by atoms with van der Waals surface area (Å²) in [5.41, 5.74) is 5.87. The van der Waals surface area contributed by atoms with Gasteiger partial charge in [0.15, 0.2) is 0 Å². The number of nitrogen functional groups attached to an aromatic ring is 1. The first-order valence-corrected chi connectivity index (χ1v) is 4.00. The molecular formula is C8H9N5O. The quantitative estimate of drug-likeness (QED) is 0.650. The molecule has 2 aromatic rings. The van der Waals surface area contributed by atoms with Crippen molar-refractivity contribution in [1.29, 1.82) is 0 Å². The van der Waals surface area contributed by atoms with E-state index < -0.39 is 0 Å². The third-order valence-electron chi connectivity index (χ3n) is 1.81.